The Morgan fingerprint density at radius 1 is 1.57 bits per heavy atom. The third-order valence-electron chi connectivity index (χ3n) is 2.31. The monoisotopic (exact) mass is 201 g/mol. The fourth-order valence-electron chi connectivity index (χ4n) is 1.45. The highest BCUT2D eigenvalue weighted by Gasteiger charge is 2.16. The number of esters is 1. The number of hydrogen-bond donors (Lipinski definition) is 1. The van der Waals surface area contributed by atoms with Crippen LogP contribution in [-0.2, 0) is 14.3 Å². The first kappa shape index (κ1) is 11.5. The minimum absolute atomic E-state index is 0.114. The van der Waals surface area contributed by atoms with Gasteiger partial charge in [-0.15, -0.1) is 0 Å². The Bertz CT molecular complexity index is 176. The zero-order valence-electron chi connectivity index (χ0n) is 8.70. The van der Waals surface area contributed by atoms with Gasteiger partial charge in [-0.3, -0.25) is 4.79 Å². The predicted molar refractivity (Wildman–Crippen MR) is 52.8 cm³/mol. The summed E-state index contributed by atoms with van der Waals surface area (Å²) in [5, 5.41) is 0. The number of carbonyl (C=O) groups is 1. The van der Waals surface area contributed by atoms with Crippen LogP contribution in [0.3, 0.4) is 0 Å². The summed E-state index contributed by atoms with van der Waals surface area (Å²) in [6.45, 7) is 3.90. The molecule has 0 spiro atoms. The van der Waals surface area contributed by atoms with E-state index in [1.807, 2.05) is 0 Å². The summed E-state index contributed by atoms with van der Waals surface area (Å²) in [6.07, 6.45) is 2.29. The first-order valence-electron chi connectivity index (χ1n) is 5.17. The van der Waals surface area contributed by atoms with Gasteiger partial charge < -0.3 is 15.2 Å². The molecule has 1 heterocycles. The van der Waals surface area contributed by atoms with Crippen LogP contribution in [0.25, 0.3) is 0 Å². The Labute approximate surface area is 84.7 Å². The van der Waals surface area contributed by atoms with E-state index in [2.05, 4.69) is 0 Å². The van der Waals surface area contributed by atoms with Crippen LogP contribution in [0, 0.1) is 5.92 Å². The first-order chi connectivity index (χ1) is 6.68. The average Bonchev–Trinajstić information content (AvgIpc) is 2.15. The van der Waals surface area contributed by atoms with Gasteiger partial charge in [-0.2, -0.15) is 0 Å². The second-order valence-electron chi connectivity index (χ2n) is 3.92. The summed E-state index contributed by atoms with van der Waals surface area (Å²) in [5.74, 6) is 0.285. The van der Waals surface area contributed by atoms with E-state index in [-0.39, 0.29) is 12.0 Å². The number of hydrogen-bond acceptors (Lipinski definition) is 4. The van der Waals surface area contributed by atoms with E-state index in [0.29, 0.717) is 18.9 Å². The Morgan fingerprint density at radius 3 is 2.79 bits per heavy atom. The van der Waals surface area contributed by atoms with Crippen molar-refractivity contribution in [1.29, 1.82) is 0 Å². The van der Waals surface area contributed by atoms with E-state index in [1.54, 1.807) is 6.92 Å². The molecular weight excluding hydrogens is 182 g/mol. The molecule has 0 aromatic heterocycles. The molecule has 1 aliphatic heterocycles. The fraction of sp³-hybridized carbons (Fsp3) is 0.900. The summed E-state index contributed by atoms with van der Waals surface area (Å²) in [7, 11) is 0. The Kier molecular flexibility index (Phi) is 4.90. The van der Waals surface area contributed by atoms with Gasteiger partial charge in [0.1, 0.15) is 0 Å². The van der Waals surface area contributed by atoms with Crippen molar-refractivity contribution in [3.8, 4) is 0 Å². The van der Waals surface area contributed by atoms with Crippen molar-refractivity contribution in [3.05, 3.63) is 0 Å². The molecule has 1 aliphatic rings. The SMILES string of the molecule is CC(N)CC(=O)OCC1CCOCC1. The number of rotatable bonds is 4. The second kappa shape index (κ2) is 5.98. The summed E-state index contributed by atoms with van der Waals surface area (Å²) >= 11 is 0. The smallest absolute Gasteiger partial charge is 0.307 e. The van der Waals surface area contributed by atoms with E-state index in [0.717, 1.165) is 26.1 Å². The number of nitrogens with two attached hydrogens (primary N) is 1. The molecule has 14 heavy (non-hydrogen) atoms. The lowest BCUT2D eigenvalue weighted by Crippen LogP contribution is -2.25. The van der Waals surface area contributed by atoms with E-state index in [9.17, 15) is 4.79 Å². The largest absolute Gasteiger partial charge is 0.465 e. The van der Waals surface area contributed by atoms with Crippen LogP contribution in [0.5, 0.6) is 0 Å². The molecule has 1 unspecified atom stereocenters. The van der Waals surface area contributed by atoms with Gasteiger partial charge >= 0.3 is 5.97 Å². The molecule has 1 atom stereocenters. The third-order valence-corrected chi connectivity index (χ3v) is 2.31. The number of carbonyl (C=O) groups excluding carboxylic acids is 1. The Balaban J connectivity index is 2.09. The maximum atomic E-state index is 11.2. The lowest BCUT2D eigenvalue weighted by molar-refractivity contribution is -0.146. The van der Waals surface area contributed by atoms with E-state index in [4.69, 9.17) is 15.2 Å². The molecule has 0 aromatic carbocycles. The van der Waals surface area contributed by atoms with Crippen LogP contribution in [0.2, 0.25) is 0 Å². The van der Waals surface area contributed by atoms with Crippen LogP contribution in [0.15, 0.2) is 0 Å². The van der Waals surface area contributed by atoms with Crippen molar-refractivity contribution in [2.24, 2.45) is 11.7 Å². The molecule has 0 aliphatic carbocycles. The Hall–Kier alpha value is -0.610. The molecule has 0 aromatic rings. The van der Waals surface area contributed by atoms with E-state index in [1.165, 1.54) is 0 Å². The standard InChI is InChI=1S/C10H19NO3/c1-8(11)6-10(12)14-7-9-2-4-13-5-3-9/h8-9H,2-7,11H2,1H3. The van der Waals surface area contributed by atoms with Crippen molar-refractivity contribution in [1.82, 2.24) is 0 Å². The molecule has 1 saturated heterocycles. The van der Waals surface area contributed by atoms with Gasteiger partial charge in [-0.25, -0.2) is 0 Å². The zero-order chi connectivity index (χ0) is 10.4. The van der Waals surface area contributed by atoms with Gasteiger partial charge in [-0.1, -0.05) is 0 Å². The van der Waals surface area contributed by atoms with Gasteiger partial charge in [0.25, 0.3) is 0 Å². The maximum absolute atomic E-state index is 11.2. The van der Waals surface area contributed by atoms with Crippen LogP contribution in [-0.4, -0.2) is 31.8 Å². The molecule has 2 N–H and O–H groups in total. The molecule has 0 bridgehead atoms. The van der Waals surface area contributed by atoms with Gasteiger partial charge in [0.15, 0.2) is 0 Å². The van der Waals surface area contributed by atoms with Crippen molar-refractivity contribution in [3.63, 3.8) is 0 Å². The van der Waals surface area contributed by atoms with Crippen molar-refractivity contribution >= 4 is 5.97 Å². The fourth-order valence-corrected chi connectivity index (χ4v) is 1.45. The minimum Gasteiger partial charge on any atom is -0.465 e. The van der Waals surface area contributed by atoms with Crippen molar-refractivity contribution in [2.75, 3.05) is 19.8 Å². The molecule has 1 rings (SSSR count). The summed E-state index contributed by atoms with van der Waals surface area (Å²) in [4.78, 5) is 11.2. The molecule has 0 amide bonds. The molecule has 4 heteroatoms. The summed E-state index contributed by atoms with van der Waals surface area (Å²) < 4.78 is 10.3. The normalized spacial score (nSPS) is 20.4. The second-order valence-corrected chi connectivity index (χ2v) is 3.92. The molecule has 82 valence electrons. The zero-order valence-corrected chi connectivity index (χ0v) is 8.70. The van der Waals surface area contributed by atoms with Gasteiger partial charge in [0, 0.05) is 19.3 Å². The molecule has 4 nitrogen and oxygen atoms in total. The van der Waals surface area contributed by atoms with Gasteiger partial charge in [0.05, 0.1) is 13.0 Å². The van der Waals surface area contributed by atoms with Crippen LogP contribution >= 0.6 is 0 Å². The predicted octanol–water partition coefficient (Wildman–Crippen LogP) is 0.693. The van der Waals surface area contributed by atoms with Crippen molar-refractivity contribution < 1.29 is 14.3 Å². The first-order valence-corrected chi connectivity index (χ1v) is 5.17. The van der Waals surface area contributed by atoms with Crippen LogP contribution in [0.4, 0.5) is 0 Å². The average molecular weight is 201 g/mol. The lowest BCUT2D eigenvalue weighted by atomic mass is 10.0. The number of ether oxygens (including phenoxy) is 2. The maximum Gasteiger partial charge on any atom is 0.307 e. The molecule has 0 radical (unpaired) electrons. The van der Waals surface area contributed by atoms with Gasteiger partial charge in [0.2, 0.25) is 0 Å². The minimum atomic E-state index is -0.188. The quantitative estimate of drug-likeness (QED) is 0.680. The highest BCUT2D eigenvalue weighted by Crippen LogP contribution is 2.14. The Morgan fingerprint density at radius 2 is 2.21 bits per heavy atom. The molecule has 1 fully saturated rings. The van der Waals surface area contributed by atoms with Gasteiger partial charge in [-0.05, 0) is 25.7 Å². The van der Waals surface area contributed by atoms with Crippen molar-refractivity contribution in [2.45, 2.75) is 32.2 Å². The van der Waals surface area contributed by atoms with E-state index < -0.39 is 0 Å². The summed E-state index contributed by atoms with van der Waals surface area (Å²) in [5.41, 5.74) is 5.48. The highest BCUT2D eigenvalue weighted by molar-refractivity contribution is 5.69. The topological polar surface area (TPSA) is 61.6 Å². The third kappa shape index (κ3) is 4.58. The summed E-state index contributed by atoms with van der Waals surface area (Å²) in [6, 6.07) is -0.114. The lowest BCUT2D eigenvalue weighted by Gasteiger charge is -2.21. The van der Waals surface area contributed by atoms with Crippen LogP contribution in [0.1, 0.15) is 26.2 Å². The molecular formula is C10H19NO3. The van der Waals surface area contributed by atoms with Crippen LogP contribution < -0.4 is 5.73 Å². The van der Waals surface area contributed by atoms with E-state index >= 15 is 0 Å². The highest BCUT2D eigenvalue weighted by atomic mass is 16.5. The molecule has 0 saturated carbocycles.